The lowest BCUT2D eigenvalue weighted by molar-refractivity contribution is 0.514. The van der Waals surface area contributed by atoms with Gasteiger partial charge >= 0.3 is 5.76 Å². The molecule has 4 nitrogen and oxygen atoms in total. The van der Waals surface area contributed by atoms with E-state index in [4.69, 9.17) is 21.8 Å². The van der Waals surface area contributed by atoms with Crippen LogP contribution in [-0.4, -0.2) is 10.3 Å². The Bertz CT molecular complexity index is 821. The molecule has 3 rings (SSSR count). The number of oxazole rings is 1. The zero-order valence-corrected chi connectivity index (χ0v) is 12.7. The third kappa shape index (κ3) is 2.80. The summed E-state index contributed by atoms with van der Waals surface area (Å²) in [6, 6.07) is 12.8. The van der Waals surface area contributed by atoms with Crippen molar-refractivity contribution in [1.29, 1.82) is 0 Å². The molecule has 108 valence electrons. The second kappa shape index (κ2) is 5.87. The fraction of sp³-hybridized carbons (Fsp3) is 0.133. The number of thioether (sulfide) groups is 1. The summed E-state index contributed by atoms with van der Waals surface area (Å²) in [5.74, 6) is 0.334. The highest BCUT2D eigenvalue weighted by Gasteiger charge is 2.09. The van der Waals surface area contributed by atoms with Crippen molar-refractivity contribution < 1.29 is 4.42 Å². The highest BCUT2D eigenvalue weighted by Crippen LogP contribution is 2.32. The second-order valence-electron chi connectivity index (χ2n) is 4.49. The Morgan fingerprint density at radius 2 is 2.00 bits per heavy atom. The van der Waals surface area contributed by atoms with Crippen LogP contribution < -0.4 is 11.5 Å². The van der Waals surface area contributed by atoms with Gasteiger partial charge in [0.15, 0.2) is 5.58 Å². The molecule has 2 aromatic carbocycles. The fourth-order valence-electron chi connectivity index (χ4n) is 2.14. The summed E-state index contributed by atoms with van der Waals surface area (Å²) in [6.07, 6.45) is 0. The van der Waals surface area contributed by atoms with Crippen LogP contribution >= 0.6 is 23.4 Å². The van der Waals surface area contributed by atoms with Crippen molar-refractivity contribution in [2.45, 2.75) is 11.4 Å². The Kier molecular flexibility index (Phi) is 3.94. The molecule has 0 unspecified atom stereocenters. The first-order valence-corrected chi connectivity index (χ1v) is 7.78. The van der Waals surface area contributed by atoms with E-state index in [0.717, 1.165) is 10.4 Å². The maximum Gasteiger partial charge on any atom is 0.419 e. The summed E-state index contributed by atoms with van der Waals surface area (Å²) < 4.78 is 6.82. The summed E-state index contributed by atoms with van der Waals surface area (Å²) in [4.78, 5) is 12.7. The van der Waals surface area contributed by atoms with Gasteiger partial charge in [-0.15, -0.1) is 11.8 Å². The van der Waals surface area contributed by atoms with Gasteiger partial charge in [-0.25, -0.2) is 4.79 Å². The highest BCUT2D eigenvalue weighted by atomic mass is 35.5. The number of benzene rings is 2. The van der Waals surface area contributed by atoms with Gasteiger partial charge in [-0.1, -0.05) is 29.8 Å². The highest BCUT2D eigenvalue weighted by molar-refractivity contribution is 7.99. The Morgan fingerprint density at radius 3 is 2.81 bits per heavy atom. The second-order valence-corrected chi connectivity index (χ2v) is 6.01. The number of nitrogen functional groups attached to an aromatic ring is 1. The molecule has 0 aliphatic rings. The van der Waals surface area contributed by atoms with Crippen molar-refractivity contribution in [1.82, 2.24) is 4.57 Å². The average Bonchev–Trinajstić information content (AvgIpc) is 2.78. The van der Waals surface area contributed by atoms with Crippen LogP contribution in [0, 0.1) is 0 Å². The van der Waals surface area contributed by atoms with Crippen LogP contribution in [0.5, 0.6) is 0 Å². The van der Waals surface area contributed by atoms with Gasteiger partial charge in [0.1, 0.15) is 0 Å². The number of anilines is 1. The lowest BCUT2D eigenvalue weighted by Gasteiger charge is -2.07. The lowest BCUT2D eigenvalue weighted by atomic mass is 10.3. The minimum atomic E-state index is -0.344. The van der Waals surface area contributed by atoms with Crippen LogP contribution in [0.3, 0.4) is 0 Å². The Hall–Kier alpha value is -1.85. The quantitative estimate of drug-likeness (QED) is 0.589. The molecule has 0 amide bonds. The molecule has 3 aromatic rings. The van der Waals surface area contributed by atoms with E-state index < -0.39 is 0 Å². The summed E-state index contributed by atoms with van der Waals surface area (Å²) in [5.41, 5.74) is 7.96. The zero-order valence-electron chi connectivity index (χ0n) is 11.1. The van der Waals surface area contributed by atoms with Gasteiger partial charge in [0.2, 0.25) is 0 Å². The number of aromatic nitrogens is 1. The maximum absolute atomic E-state index is 11.9. The van der Waals surface area contributed by atoms with E-state index in [1.165, 1.54) is 11.8 Å². The third-order valence-corrected chi connectivity index (χ3v) is 4.69. The van der Waals surface area contributed by atoms with Gasteiger partial charge in [0, 0.05) is 22.9 Å². The SMILES string of the molecule is Nc1cccc(Cl)c1SCCn1c(=O)oc2ccccc21. The van der Waals surface area contributed by atoms with Crippen molar-refractivity contribution in [3.05, 3.63) is 58.0 Å². The predicted molar refractivity (Wildman–Crippen MR) is 87.1 cm³/mol. The van der Waals surface area contributed by atoms with Crippen LogP contribution in [0.25, 0.3) is 11.1 Å². The van der Waals surface area contributed by atoms with Gasteiger partial charge in [-0.3, -0.25) is 4.57 Å². The van der Waals surface area contributed by atoms with E-state index in [0.29, 0.717) is 28.6 Å². The maximum atomic E-state index is 11.9. The number of para-hydroxylation sites is 2. The standard InChI is InChI=1S/C15H13ClN2O2S/c16-10-4-3-5-11(17)14(10)21-9-8-18-12-6-1-2-7-13(12)20-15(18)19/h1-7H,8-9,17H2. The average molecular weight is 321 g/mol. The van der Waals surface area contributed by atoms with Crippen molar-refractivity contribution in [3.63, 3.8) is 0 Å². The van der Waals surface area contributed by atoms with Crippen LogP contribution in [0.15, 0.2) is 56.6 Å². The van der Waals surface area contributed by atoms with Crippen molar-refractivity contribution in [2.75, 3.05) is 11.5 Å². The largest absolute Gasteiger partial charge is 0.419 e. The van der Waals surface area contributed by atoms with Crippen LogP contribution in [0.4, 0.5) is 5.69 Å². The van der Waals surface area contributed by atoms with E-state index in [1.54, 1.807) is 16.7 Å². The normalized spacial score (nSPS) is 11.1. The van der Waals surface area contributed by atoms with Crippen LogP contribution in [0.1, 0.15) is 0 Å². The van der Waals surface area contributed by atoms with Crippen molar-refractivity contribution >= 4 is 40.1 Å². The minimum Gasteiger partial charge on any atom is -0.408 e. The van der Waals surface area contributed by atoms with Gasteiger partial charge in [0.25, 0.3) is 0 Å². The van der Waals surface area contributed by atoms with Gasteiger partial charge in [0.05, 0.1) is 10.5 Å². The number of fused-ring (bicyclic) bond motifs is 1. The lowest BCUT2D eigenvalue weighted by Crippen LogP contribution is -2.15. The summed E-state index contributed by atoms with van der Waals surface area (Å²) >= 11 is 7.66. The molecule has 0 fully saturated rings. The topological polar surface area (TPSA) is 61.2 Å². The van der Waals surface area contributed by atoms with E-state index in [2.05, 4.69) is 0 Å². The molecule has 1 aromatic heterocycles. The monoisotopic (exact) mass is 320 g/mol. The molecule has 0 aliphatic carbocycles. The molecular formula is C15H13ClN2O2S. The van der Waals surface area contributed by atoms with Gasteiger partial charge in [-0.2, -0.15) is 0 Å². The number of rotatable bonds is 4. The van der Waals surface area contributed by atoms with Gasteiger partial charge in [-0.05, 0) is 24.3 Å². The first-order valence-electron chi connectivity index (χ1n) is 6.42. The molecule has 0 atom stereocenters. The number of aryl methyl sites for hydroxylation is 1. The third-order valence-electron chi connectivity index (χ3n) is 3.13. The van der Waals surface area contributed by atoms with E-state index in [9.17, 15) is 4.79 Å². The molecule has 0 radical (unpaired) electrons. The number of hydrogen-bond donors (Lipinski definition) is 1. The van der Waals surface area contributed by atoms with Crippen molar-refractivity contribution in [2.24, 2.45) is 0 Å². The van der Waals surface area contributed by atoms with Crippen LogP contribution in [0.2, 0.25) is 5.02 Å². The molecule has 2 N–H and O–H groups in total. The molecule has 1 heterocycles. The summed E-state index contributed by atoms with van der Waals surface area (Å²) in [5, 5.41) is 0.629. The predicted octanol–water partition coefficient (Wildman–Crippen LogP) is 3.62. The van der Waals surface area contributed by atoms with E-state index >= 15 is 0 Å². The molecule has 0 saturated heterocycles. The number of hydrogen-bond acceptors (Lipinski definition) is 4. The van der Waals surface area contributed by atoms with Crippen LogP contribution in [-0.2, 0) is 6.54 Å². The zero-order chi connectivity index (χ0) is 14.8. The molecule has 0 spiro atoms. The fourth-order valence-corrected chi connectivity index (χ4v) is 3.41. The first kappa shape index (κ1) is 14.1. The molecule has 6 heteroatoms. The smallest absolute Gasteiger partial charge is 0.408 e. The van der Waals surface area contributed by atoms with Gasteiger partial charge < -0.3 is 10.2 Å². The molecule has 0 aliphatic heterocycles. The molecular weight excluding hydrogens is 308 g/mol. The number of nitrogens with two attached hydrogens (primary N) is 1. The van der Waals surface area contributed by atoms with E-state index in [-0.39, 0.29) is 5.76 Å². The number of nitrogens with zero attached hydrogens (tertiary/aromatic N) is 1. The Labute approximate surface area is 130 Å². The number of halogens is 1. The minimum absolute atomic E-state index is 0.344. The van der Waals surface area contributed by atoms with Crippen molar-refractivity contribution in [3.8, 4) is 0 Å². The molecule has 0 bridgehead atoms. The van der Waals surface area contributed by atoms with E-state index in [1.807, 2.05) is 30.3 Å². The Balaban J connectivity index is 1.78. The summed E-state index contributed by atoms with van der Waals surface area (Å²) in [7, 11) is 0. The molecule has 21 heavy (non-hydrogen) atoms. The first-order chi connectivity index (χ1) is 10.2. The summed E-state index contributed by atoms with van der Waals surface area (Å²) in [6.45, 7) is 0.533. The molecule has 0 saturated carbocycles. The Morgan fingerprint density at radius 1 is 1.19 bits per heavy atom.